The number of nitrogens with one attached hydrogen (secondary N) is 1. The quantitative estimate of drug-likeness (QED) is 0.230. The number of carbonyl (C=O) groups is 5. The Morgan fingerprint density at radius 1 is 0.920 bits per heavy atom. The van der Waals surface area contributed by atoms with Crippen LogP contribution >= 0.6 is 12.2 Å². The molecule has 0 aromatic carbocycles. The van der Waals surface area contributed by atoms with Gasteiger partial charge in [0, 0.05) is 27.7 Å². The molecule has 0 heterocycles. The molecule has 0 rings (SSSR count). The Labute approximate surface area is 148 Å². The number of hydrogen-bond acceptors (Lipinski definition) is 9. The van der Waals surface area contributed by atoms with Crippen molar-refractivity contribution in [2.45, 2.75) is 52.0 Å². The Morgan fingerprint density at radius 3 is 1.68 bits per heavy atom. The monoisotopic (exact) mass is 377 g/mol. The molecule has 0 bridgehead atoms. The number of esters is 3. The second kappa shape index (κ2) is 10.3. The summed E-state index contributed by atoms with van der Waals surface area (Å²) in [5.74, 6) is -3.32. The molecule has 1 amide bonds. The van der Waals surface area contributed by atoms with Gasteiger partial charge in [0.1, 0.15) is 12.3 Å². The molecule has 0 radical (unpaired) electrons. The van der Waals surface area contributed by atoms with E-state index < -0.39 is 53.2 Å². The first kappa shape index (κ1) is 22.4. The number of hydrogen-bond donors (Lipinski definition) is 2. The molecule has 0 saturated heterocycles. The highest BCUT2D eigenvalue weighted by atomic mass is 32.1. The van der Waals surface area contributed by atoms with Crippen LogP contribution in [0.5, 0.6) is 0 Å². The van der Waals surface area contributed by atoms with Gasteiger partial charge in [-0.3, -0.25) is 19.2 Å². The van der Waals surface area contributed by atoms with Crippen molar-refractivity contribution in [3.05, 3.63) is 0 Å². The highest BCUT2D eigenvalue weighted by Crippen LogP contribution is 2.18. The predicted octanol–water partition coefficient (Wildman–Crippen LogP) is -0.629. The van der Waals surface area contributed by atoms with Gasteiger partial charge in [0.15, 0.2) is 12.2 Å². The van der Waals surface area contributed by atoms with Crippen molar-refractivity contribution in [2.24, 2.45) is 0 Å². The Bertz CT molecular complexity index is 563. The minimum Gasteiger partial charge on any atom is -0.499 e. The average Bonchev–Trinajstić information content (AvgIpc) is 2.45. The fourth-order valence-corrected chi connectivity index (χ4v) is 2.08. The first-order valence-electron chi connectivity index (χ1n) is 6.96. The summed E-state index contributed by atoms with van der Waals surface area (Å²) in [6, 6.07) is -1.46. The lowest BCUT2D eigenvalue weighted by atomic mass is 10.0. The fraction of sp³-hybridized carbons (Fsp3) is 0.571. The lowest BCUT2D eigenvalue weighted by Crippen LogP contribution is -2.57. The second-order valence-corrected chi connectivity index (χ2v) is 5.30. The van der Waals surface area contributed by atoms with Crippen molar-refractivity contribution in [3.63, 3.8) is 0 Å². The zero-order chi connectivity index (χ0) is 19.7. The Hall–Kier alpha value is -2.56. The molecule has 0 unspecified atom stereocenters. The van der Waals surface area contributed by atoms with E-state index in [1.807, 2.05) is 0 Å². The average molecular weight is 377 g/mol. The molecule has 2 N–H and O–H groups in total. The Kier molecular flexibility index (Phi) is 9.28. The normalized spacial score (nSPS) is 14.9. The van der Waals surface area contributed by atoms with Gasteiger partial charge >= 0.3 is 17.9 Å². The topological polar surface area (TPSA) is 145 Å². The summed E-state index contributed by atoms with van der Waals surface area (Å²) in [7, 11) is 0. The number of aldehydes is 1. The van der Waals surface area contributed by atoms with Crippen LogP contribution in [0, 0.1) is 0 Å². The third-order valence-corrected chi connectivity index (χ3v) is 2.87. The number of rotatable bonds is 9. The van der Waals surface area contributed by atoms with E-state index in [-0.39, 0.29) is 6.29 Å². The van der Waals surface area contributed by atoms with E-state index in [1.165, 1.54) is 0 Å². The van der Waals surface area contributed by atoms with Gasteiger partial charge in [0.05, 0.1) is 0 Å². The van der Waals surface area contributed by atoms with Crippen molar-refractivity contribution in [1.29, 1.82) is 0 Å². The second-order valence-electron chi connectivity index (χ2n) is 4.88. The molecule has 11 heteroatoms. The number of ether oxygens (including phenoxy) is 3. The molecule has 0 aromatic heterocycles. The van der Waals surface area contributed by atoms with E-state index in [0.717, 1.165) is 27.7 Å². The molecular weight excluding hydrogens is 358 g/mol. The SMILES string of the molecule is CC(=O)N[C@@H](C=O)[C@@H](OC(C)=O)[C@@H](OC(C)=O)[C@H](OC(C)=O)C(O)=S. The Morgan fingerprint density at radius 2 is 1.36 bits per heavy atom. The highest BCUT2D eigenvalue weighted by molar-refractivity contribution is 7.80. The standard InChI is InChI=1S/C14H19NO9S/c1-6(17)15-10(5-16)11(22-7(2)18)12(23-8(3)19)13(14(21)25)24-9(4)20/h5,10-13H,1-4H3,(H,15,17)(H,21,25)/t10-,11+,12+,13-/m0/s1. The number of thiocarbonyl (C=S) groups is 1. The molecule has 10 nitrogen and oxygen atoms in total. The summed E-state index contributed by atoms with van der Waals surface area (Å²) in [6.45, 7) is 4.10. The van der Waals surface area contributed by atoms with Gasteiger partial charge in [-0.05, 0) is 12.2 Å². The van der Waals surface area contributed by atoms with Gasteiger partial charge in [-0.15, -0.1) is 0 Å². The van der Waals surface area contributed by atoms with E-state index >= 15 is 0 Å². The van der Waals surface area contributed by atoms with E-state index in [1.54, 1.807) is 0 Å². The maximum absolute atomic E-state index is 11.4. The van der Waals surface area contributed by atoms with E-state index in [9.17, 15) is 29.1 Å². The van der Waals surface area contributed by atoms with Crippen LogP contribution in [-0.4, -0.2) is 64.6 Å². The molecule has 0 saturated carbocycles. The van der Waals surface area contributed by atoms with Gasteiger partial charge in [0.2, 0.25) is 17.1 Å². The van der Waals surface area contributed by atoms with Crippen LogP contribution in [0.2, 0.25) is 0 Å². The minimum atomic E-state index is -1.71. The number of aliphatic hydroxyl groups excluding tert-OH is 1. The number of aliphatic hydroxyl groups is 1. The van der Waals surface area contributed by atoms with Gasteiger partial charge < -0.3 is 29.4 Å². The maximum Gasteiger partial charge on any atom is 0.303 e. The van der Waals surface area contributed by atoms with Gasteiger partial charge in [0.25, 0.3) is 0 Å². The maximum atomic E-state index is 11.4. The first-order valence-corrected chi connectivity index (χ1v) is 7.37. The van der Waals surface area contributed by atoms with Crippen molar-refractivity contribution in [3.8, 4) is 0 Å². The van der Waals surface area contributed by atoms with Crippen LogP contribution in [0.15, 0.2) is 0 Å². The number of amides is 1. The fourth-order valence-electron chi connectivity index (χ4n) is 1.89. The zero-order valence-electron chi connectivity index (χ0n) is 14.0. The van der Waals surface area contributed by atoms with Crippen molar-refractivity contribution in [1.82, 2.24) is 5.32 Å². The predicted molar refractivity (Wildman–Crippen MR) is 85.6 cm³/mol. The van der Waals surface area contributed by atoms with E-state index in [0.29, 0.717) is 0 Å². The molecular formula is C14H19NO9S. The molecule has 0 spiro atoms. The van der Waals surface area contributed by atoms with Crippen molar-refractivity contribution < 1.29 is 43.3 Å². The third-order valence-electron chi connectivity index (χ3n) is 2.63. The van der Waals surface area contributed by atoms with Crippen molar-refractivity contribution in [2.75, 3.05) is 0 Å². The smallest absolute Gasteiger partial charge is 0.303 e. The van der Waals surface area contributed by atoms with Crippen molar-refractivity contribution >= 4 is 47.4 Å². The molecule has 0 aliphatic rings. The molecule has 4 atom stereocenters. The van der Waals surface area contributed by atoms with Crippen LogP contribution in [0.25, 0.3) is 0 Å². The summed E-state index contributed by atoms with van der Waals surface area (Å²) in [4.78, 5) is 56.6. The summed E-state index contributed by atoms with van der Waals surface area (Å²) in [5.41, 5.74) is 0. The summed E-state index contributed by atoms with van der Waals surface area (Å²) >= 11 is 4.58. The van der Waals surface area contributed by atoms with Crippen LogP contribution in [0.3, 0.4) is 0 Å². The lowest BCUT2D eigenvalue weighted by Gasteiger charge is -2.33. The largest absolute Gasteiger partial charge is 0.499 e. The molecule has 0 aliphatic carbocycles. The van der Waals surface area contributed by atoms with E-state index in [2.05, 4.69) is 17.5 Å². The lowest BCUT2D eigenvalue weighted by molar-refractivity contribution is -0.180. The van der Waals surface area contributed by atoms with Gasteiger partial charge in [-0.25, -0.2) is 0 Å². The van der Waals surface area contributed by atoms with Crippen LogP contribution < -0.4 is 5.32 Å². The zero-order valence-corrected chi connectivity index (χ0v) is 14.8. The van der Waals surface area contributed by atoms with Gasteiger partial charge in [-0.2, -0.15) is 0 Å². The molecule has 0 aromatic rings. The minimum absolute atomic E-state index is 0.233. The molecule has 0 fully saturated rings. The third kappa shape index (κ3) is 8.20. The summed E-state index contributed by atoms with van der Waals surface area (Å²) in [6.07, 6.45) is -4.77. The summed E-state index contributed by atoms with van der Waals surface area (Å²) < 4.78 is 14.7. The van der Waals surface area contributed by atoms with Crippen LogP contribution in [-0.2, 0) is 38.2 Å². The molecule has 0 aliphatic heterocycles. The highest BCUT2D eigenvalue weighted by Gasteiger charge is 2.44. The van der Waals surface area contributed by atoms with E-state index in [4.69, 9.17) is 14.2 Å². The van der Waals surface area contributed by atoms with Crippen LogP contribution in [0.1, 0.15) is 27.7 Å². The first-order chi connectivity index (χ1) is 11.5. The Balaban J connectivity index is 6.02. The molecule has 25 heavy (non-hydrogen) atoms. The summed E-state index contributed by atoms with van der Waals surface area (Å²) in [5, 5.41) is 10.9. The number of carbonyl (C=O) groups excluding carboxylic acids is 5. The van der Waals surface area contributed by atoms with Gasteiger partial charge in [-0.1, -0.05) is 0 Å². The molecule has 140 valence electrons. The van der Waals surface area contributed by atoms with Crippen LogP contribution in [0.4, 0.5) is 0 Å².